The second-order valence-electron chi connectivity index (χ2n) is 7.53. The van der Waals surface area contributed by atoms with E-state index in [0.717, 1.165) is 40.1 Å². The van der Waals surface area contributed by atoms with Crippen LogP contribution in [0.5, 0.6) is 0 Å². The number of nitrogens with zero attached hydrogens (tertiary/aromatic N) is 2. The fourth-order valence-corrected chi connectivity index (χ4v) is 4.73. The van der Waals surface area contributed by atoms with E-state index >= 15 is 0 Å². The summed E-state index contributed by atoms with van der Waals surface area (Å²) in [6, 6.07) is 16.4. The van der Waals surface area contributed by atoms with Crippen LogP contribution in [0.25, 0.3) is 5.69 Å². The molecule has 29 heavy (non-hydrogen) atoms. The summed E-state index contributed by atoms with van der Waals surface area (Å²) in [5, 5.41) is 6.56. The van der Waals surface area contributed by atoms with E-state index in [9.17, 15) is 9.18 Å². The summed E-state index contributed by atoms with van der Waals surface area (Å²) < 4.78 is 16.8. The molecule has 0 bridgehead atoms. The first-order valence-electron chi connectivity index (χ1n) is 9.62. The molecule has 1 spiro atoms. The lowest BCUT2D eigenvalue weighted by molar-refractivity contribution is 0.174. The second-order valence-corrected chi connectivity index (χ2v) is 8.38. The van der Waals surface area contributed by atoms with Crippen LogP contribution < -0.4 is 10.6 Å². The van der Waals surface area contributed by atoms with E-state index in [4.69, 9.17) is 0 Å². The molecular formula is C22H20BrFN4O. The van der Waals surface area contributed by atoms with Crippen LogP contribution in [0, 0.1) is 5.82 Å². The lowest BCUT2D eigenvalue weighted by Crippen LogP contribution is -2.51. The van der Waals surface area contributed by atoms with Gasteiger partial charge in [-0.25, -0.2) is 9.18 Å². The van der Waals surface area contributed by atoms with Gasteiger partial charge in [0.1, 0.15) is 5.82 Å². The van der Waals surface area contributed by atoms with Crippen LogP contribution in [-0.4, -0.2) is 28.6 Å². The van der Waals surface area contributed by atoms with E-state index in [2.05, 4.69) is 37.2 Å². The predicted octanol–water partition coefficient (Wildman–Crippen LogP) is 5.33. The van der Waals surface area contributed by atoms with Crippen molar-refractivity contribution in [1.29, 1.82) is 0 Å². The van der Waals surface area contributed by atoms with Crippen LogP contribution in [0.1, 0.15) is 18.5 Å². The van der Waals surface area contributed by atoms with E-state index in [1.807, 2.05) is 41.4 Å². The number of halogens is 2. The number of piperidine rings is 1. The van der Waals surface area contributed by atoms with Crippen molar-refractivity contribution in [3.05, 3.63) is 76.8 Å². The summed E-state index contributed by atoms with van der Waals surface area (Å²) in [5.74, 6) is -0.257. The van der Waals surface area contributed by atoms with Gasteiger partial charge in [-0.1, -0.05) is 12.1 Å². The summed E-state index contributed by atoms with van der Waals surface area (Å²) in [6.45, 7) is 1.22. The quantitative estimate of drug-likeness (QED) is 0.522. The van der Waals surface area contributed by atoms with Crippen molar-refractivity contribution in [2.24, 2.45) is 0 Å². The molecule has 3 heterocycles. The Bertz CT molecular complexity index is 1090. The van der Waals surface area contributed by atoms with Gasteiger partial charge in [0.05, 0.1) is 22.6 Å². The number of fused-ring (bicyclic) bond motifs is 4. The van der Waals surface area contributed by atoms with E-state index in [0.29, 0.717) is 13.1 Å². The van der Waals surface area contributed by atoms with Gasteiger partial charge in [-0.05, 0) is 71.2 Å². The molecule has 7 heteroatoms. The number of carbonyl (C=O) groups excluding carboxylic acids is 1. The standard InChI is InChI=1S/C22H20BrFN4O/c23-16-4-1-2-5-17(16)25-21(29)27-12-9-22(10-13-27)20-6-3-11-28(20)19-8-7-15(24)14-18(19)26-22/h1-8,11,14,26H,9-10,12-13H2,(H,25,29). The molecule has 0 saturated carbocycles. The third-order valence-electron chi connectivity index (χ3n) is 5.85. The molecule has 5 nitrogen and oxygen atoms in total. The van der Waals surface area contributed by atoms with Crippen LogP contribution in [0.2, 0.25) is 0 Å². The molecular weight excluding hydrogens is 435 g/mol. The molecule has 5 rings (SSSR count). The van der Waals surface area contributed by atoms with Crippen LogP contribution in [0.15, 0.2) is 65.3 Å². The van der Waals surface area contributed by atoms with Crippen molar-refractivity contribution in [3.8, 4) is 5.69 Å². The first kappa shape index (κ1) is 18.2. The number of hydrogen-bond donors (Lipinski definition) is 2. The van der Waals surface area contributed by atoms with Crippen LogP contribution in [-0.2, 0) is 5.54 Å². The minimum absolute atomic E-state index is 0.107. The Hall–Kier alpha value is -2.80. The number of para-hydroxylation sites is 1. The largest absolute Gasteiger partial charge is 0.372 e. The SMILES string of the molecule is O=C(Nc1ccccc1Br)N1CCC2(CC1)Nc1cc(F)ccc1-n1cccc12. The highest BCUT2D eigenvalue weighted by Gasteiger charge is 2.42. The average molecular weight is 455 g/mol. The Kier molecular flexibility index (Phi) is 4.35. The number of carbonyl (C=O) groups is 1. The lowest BCUT2D eigenvalue weighted by Gasteiger charge is -2.46. The molecule has 1 aromatic heterocycles. The Morgan fingerprint density at radius 2 is 1.90 bits per heavy atom. The minimum atomic E-state index is -0.311. The molecule has 0 radical (unpaired) electrons. The zero-order valence-corrected chi connectivity index (χ0v) is 17.2. The summed E-state index contributed by atoms with van der Waals surface area (Å²) in [5.41, 5.74) is 3.34. The van der Waals surface area contributed by atoms with Gasteiger partial charge in [0, 0.05) is 29.5 Å². The van der Waals surface area contributed by atoms with E-state index in [1.54, 1.807) is 12.1 Å². The van der Waals surface area contributed by atoms with Crippen LogP contribution in [0.4, 0.5) is 20.6 Å². The van der Waals surface area contributed by atoms with E-state index < -0.39 is 0 Å². The molecule has 2 aromatic carbocycles. The molecule has 2 amide bonds. The van der Waals surface area contributed by atoms with Gasteiger partial charge in [-0.3, -0.25) is 0 Å². The molecule has 2 aliphatic heterocycles. The number of amides is 2. The van der Waals surface area contributed by atoms with E-state index in [1.165, 1.54) is 6.07 Å². The first-order chi connectivity index (χ1) is 14.1. The normalized spacial score (nSPS) is 16.7. The van der Waals surface area contributed by atoms with Crippen molar-refractivity contribution in [1.82, 2.24) is 9.47 Å². The number of benzene rings is 2. The van der Waals surface area contributed by atoms with Crippen molar-refractivity contribution in [2.45, 2.75) is 18.4 Å². The molecule has 2 aliphatic rings. The van der Waals surface area contributed by atoms with Gasteiger partial charge in [0.2, 0.25) is 0 Å². The third-order valence-corrected chi connectivity index (χ3v) is 6.54. The predicted molar refractivity (Wildman–Crippen MR) is 115 cm³/mol. The van der Waals surface area contributed by atoms with Crippen molar-refractivity contribution < 1.29 is 9.18 Å². The number of rotatable bonds is 1. The highest BCUT2D eigenvalue weighted by molar-refractivity contribution is 9.10. The summed E-state index contributed by atoms with van der Waals surface area (Å²) in [6.07, 6.45) is 3.51. The average Bonchev–Trinajstić information content (AvgIpc) is 3.21. The Balaban J connectivity index is 1.36. The third kappa shape index (κ3) is 3.09. The van der Waals surface area contributed by atoms with Gasteiger partial charge in [0.25, 0.3) is 0 Å². The Labute approximate surface area is 176 Å². The summed E-state index contributed by atoms with van der Waals surface area (Å²) >= 11 is 3.46. The zero-order chi connectivity index (χ0) is 20.0. The van der Waals surface area contributed by atoms with Crippen molar-refractivity contribution in [2.75, 3.05) is 23.7 Å². The fraction of sp³-hybridized carbons (Fsp3) is 0.227. The van der Waals surface area contributed by atoms with Crippen molar-refractivity contribution in [3.63, 3.8) is 0 Å². The number of aromatic nitrogens is 1. The molecule has 2 N–H and O–H groups in total. The molecule has 0 aliphatic carbocycles. The highest BCUT2D eigenvalue weighted by atomic mass is 79.9. The molecule has 1 saturated heterocycles. The fourth-order valence-electron chi connectivity index (χ4n) is 4.35. The molecule has 1 fully saturated rings. The summed E-state index contributed by atoms with van der Waals surface area (Å²) in [4.78, 5) is 14.6. The minimum Gasteiger partial charge on any atom is -0.372 e. The van der Waals surface area contributed by atoms with Gasteiger partial charge >= 0.3 is 6.03 Å². The maximum atomic E-state index is 13.8. The Morgan fingerprint density at radius 3 is 2.69 bits per heavy atom. The number of urea groups is 1. The molecule has 3 aromatic rings. The van der Waals surface area contributed by atoms with Gasteiger partial charge in [-0.2, -0.15) is 0 Å². The first-order valence-corrected chi connectivity index (χ1v) is 10.4. The second kappa shape index (κ2) is 6.91. The maximum absolute atomic E-state index is 13.8. The molecule has 0 atom stereocenters. The molecule has 0 unspecified atom stereocenters. The number of anilines is 2. The molecule has 148 valence electrons. The number of likely N-dealkylation sites (tertiary alicyclic amines) is 1. The van der Waals surface area contributed by atoms with Crippen molar-refractivity contribution >= 4 is 33.3 Å². The lowest BCUT2D eigenvalue weighted by atomic mass is 9.82. The monoisotopic (exact) mass is 454 g/mol. The van der Waals surface area contributed by atoms with E-state index in [-0.39, 0.29) is 17.4 Å². The van der Waals surface area contributed by atoms with Gasteiger partial charge < -0.3 is 20.1 Å². The smallest absolute Gasteiger partial charge is 0.321 e. The Morgan fingerprint density at radius 1 is 1.10 bits per heavy atom. The maximum Gasteiger partial charge on any atom is 0.321 e. The van der Waals surface area contributed by atoms with Crippen LogP contribution in [0.3, 0.4) is 0 Å². The number of hydrogen-bond acceptors (Lipinski definition) is 2. The summed E-state index contributed by atoms with van der Waals surface area (Å²) in [7, 11) is 0. The highest BCUT2D eigenvalue weighted by Crippen LogP contribution is 2.43. The zero-order valence-electron chi connectivity index (χ0n) is 15.7. The van der Waals surface area contributed by atoms with Gasteiger partial charge in [-0.15, -0.1) is 0 Å². The number of nitrogens with one attached hydrogen (secondary N) is 2. The topological polar surface area (TPSA) is 49.3 Å². The van der Waals surface area contributed by atoms with Crippen LogP contribution >= 0.6 is 15.9 Å². The van der Waals surface area contributed by atoms with Gasteiger partial charge in [0.15, 0.2) is 0 Å².